The van der Waals surface area contributed by atoms with Gasteiger partial charge in [0.15, 0.2) is 0 Å². The maximum absolute atomic E-state index is 5.60. The van der Waals surface area contributed by atoms with Crippen molar-refractivity contribution < 1.29 is 9.47 Å². The molecule has 0 radical (unpaired) electrons. The molecule has 0 amide bonds. The predicted molar refractivity (Wildman–Crippen MR) is 60.1 cm³/mol. The molecule has 0 rings (SSSR count). The molecule has 0 unspecified atom stereocenters. The van der Waals surface area contributed by atoms with E-state index in [1.807, 2.05) is 13.8 Å². The van der Waals surface area contributed by atoms with E-state index in [2.05, 4.69) is 13.8 Å². The van der Waals surface area contributed by atoms with E-state index in [9.17, 15) is 0 Å². The predicted octanol–water partition coefficient (Wildman–Crippen LogP) is 3.87. The Labute approximate surface area is 88.3 Å². The van der Waals surface area contributed by atoms with E-state index in [1.54, 1.807) is 0 Å². The topological polar surface area (TPSA) is 18.5 Å². The molecule has 0 aromatic carbocycles. The molecule has 2 heteroatoms. The summed E-state index contributed by atoms with van der Waals surface area (Å²) in [6.07, 6.45) is 4.19. The summed E-state index contributed by atoms with van der Waals surface area (Å²) in [5.41, 5.74) is 0. The molecular weight excluding hydrogens is 176 g/mol. The van der Waals surface area contributed by atoms with Crippen LogP contribution in [-0.2, 0) is 9.47 Å². The molecule has 0 fully saturated rings. The number of ether oxygens (including phenoxy) is 2. The first-order valence-corrected chi connectivity index (χ1v) is 5.77. The van der Waals surface area contributed by atoms with Crippen LogP contribution in [0.2, 0.25) is 0 Å². The van der Waals surface area contributed by atoms with E-state index in [-0.39, 0.29) is 0 Å². The van der Waals surface area contributed by atoms with Gasteiger partial charge in [-0.1, -0.05) is 13.8 Å². The van der Waals surface area contributed by atoms with Gasteiger partial charge in [0.25, 0.3) is 0 Å². The number of allylic oxidation sites excluding steroid dienone is 2. The molecule has 0 N–H and O–H groups in total. The lowest BCUT2D eigenvalue weighted by atomic mass is 10.2. The summed E-state index contributed by atoms with van der Waals surface area (Å²) in [4.78, 5) is 0. The molecule has 0 heterocycles. The molecular formula is C12H24O2. The Bertz CT molecular complexity index is 128. The van der Waals surface area contributed by atoms with Crippen LogP contribution in [0.1, 0.15) is 53.4 Å². The molecule has 0 spiro atoms. The zero-order valence-electron chi connectivity index (χ0n) is 10.1. The molecule has 84 valence electrons. The average molecular weight is 200 g/mol. The highest BCUT2D eigenvalue weighted by molar-refractivity contribution is 5.01. The summed E-state index contributed by atoms with van der Waals surface area (Å²) >= 11 is 0. The fourth-order valence-electron chi connectivity index (χ4n) is 1.39. The molecule has 2 nitrogen and oxygen atoms in total. The lowest BCUT2D eigenvalue weighted by molar-refractivity contribution is 0.152. The van der Waals surface area contributed by atoms with Crippen LogP contribution in [0, 0.1) is 0 Å². The third-order valence-electron chi connectivity index (χ3n) is 1.90. The van der Waals surface area contributed by atoms with E-state index in [4.69, 9.17) is 9.47 Å². The molecule has 0 bridgehead atoms. The lowest BCUT2D eigenvalue weighted by Crippen LogP contribution is -2.02. The van der Waals surface area contributed by atoms with Gasteiger partial charge < -0.3 is 9.47 Å². The van der Waals surface area contributed by atoms with E-state index in [0.29, 0.717) is 0 Å². The van der Waals surface area contributed by atoms with Gasteiger partial charge >= 0.3 is 0 Å². The van der Waals surface area contributed by atoms with Gasteiger partial charge in [-0.05, 0) is 26.7 Å². The van der Waals surface area contributed by atoms with Crippen molar-refractivity contribution in [2.24, 2.45) is 0 Å². The molecule has 0 aliphatic rings. The second kappa shape index (κ2) is 8.92. The van der Waals surface area contributed by atoms with Crippen LogP contribution in [-0.4, -0.2) is 13.2 Å². The largest absolute Gasteiger partial charge is 0.495 e. The van der Waals surface area contributed by atoms with E-state index >= 15 is 0 Å². The van der Waals surface area contributed by atoms with Crippen molar-refractivity contribution in [2.75, 3.05) is 13.2 Å². The fraction of sp³-hybridized carbons (Fsp3) is 0.833. The third-order valence-corrected chi connectivity index (χ3v) is 1.90. The summed E-state index contributed by atoms with van der Waals surface area (Å²) in [6, 6.07) is 0. The van der Waals surface area contributed by atoms with Gasteiger partial charge in [-0.25, -0.2) is 0 Å². The van der Waals surface area contributed by atoms with Crippen LogP contribution in [0.3, 0.4) is 0 Å². The van der Waals surface area contributed by atoms with Gasteiger partial charge in [-0.15, -0.1) is 0 Å². The highest BCUT2D eigenvalue weighted by Crippen LogP contribution is 2.18. The summed E-state index contributed by atoms with van der Waals surface area (Å²) in [6.45, 7) is 9.82. The monoisotopic (exact) mass is 200 g/mol. The van der Waals surface area contributed by atoms with Crippen molar-refractivity contribution in [2.45, 2.75) is 53.4 Å². The Kier molecular flexibility index (Phi) is 8.50. The van der Waals surface area contributed by atoms with Gasteiger partial charge in [-0.2, -0.15) is 0 Å². The zero-order valence-corrected chi connectivity index (χ0v) is 10.1. The summed E-state index contributed by atoms with van der Waals surface area (Å²) in [5, 5.41) is 0. The van der Waals surface area contributed by atoms with Crippen LogP contribution < -0.4 is 0 Å². The van der Waals surface area contributed by atoms with E-state index in [0.717, 1.165) is 50.4 Å². The normalized spacial score (nSPS) is 12.3. The molecule has 0 aliphatic heterocycles. The molecule has 0 atom stereocenters. The second-order valence-corrected chi connectivity index (χ2v) is 3.21. The van der Waals surface area contributed by atoms with Gasteiger partial charge in [0.05, 0.1) is 13.2 Å². The van der Waals surface area contributed by atoms with Crippen LogP contribution in [0.5, 0.6) is 0 Å². The Balaban J connectivity index is 4.45. The standard InChI is InChI=1S/C12H24O2/c1-5-9-11(13-7-3)12(10-6-2)14-8-4/h5-10H2,1-4H3/b12-11+. The second-order valence-electron chi connectivity index (χ2n) is 3.21. The van der Waals surface area contributed by atoms with Crippen molar-refractivity contribution in [3.63, 3.8) is 0 Å². The van der Waals surface area contributed by atoms with Crippen molar-refractivity contribution in [1.82, 2.24) is 0 Å². The quantitative estimate of drug-likeness (QED) is 0.554. The maximum Gasteiger partial charge on any atom is 0.133 e. The number of hydrogen-bond donors (Lipinski definition) is 0. The molecule has 0 aromatic heterocycles. The Morgan fingerprint density at radius 1 is 0.714 bits per heavy atom. The molecule has 0 aliphatic carbocycles. The minimum atomic E-state index is 0.732. The van der Waals surface area contributed by atoms with Crippen molar-refractivity contribution >= 4 is 0 Å². The van der Waals surface area contributed by atoms with Gasteiger partial charge in [0, 0.05) is 12.8 Å². The maximum atomic E-state index is 5.60. The van der Waals surface area contributed by atoms with Crippen LogP contribution in [0.25, 0.3) is 0 Å². The molecule has 0 aromatic rings. The summed E-state index contributed by atoms with van der Waals surface area (Å²) in [5.74, 6) is 2.11. The lowest BCUT2D eigenvalue weighted by Gasteiger charge is -2.15. The molecule has 0 saturated carbocycles. The SMILES string of the molecule is CCC/C(OCC)=C(/CCC)OCC. The first-order chi connectivity index (χ1) is 6.79. The Morgan fingerprint density at radius 2 is 1.07 bits per heavy atom. The number of hydrogen-bond acceptors (Lipinski definition) is 2. The van der Waals surface area contributed by atoms with Crippen molar-refractivity contribution in [3.05, 3.63) is 11.5 Å². The first kappa shape index (κ1) is 13.3. The summed E-state index contributed by atoms with van der Waals surface area (Å²) in [7, 11) is 0. The van der Waals surface area contributed by atoms with Gasteiger partial charge in [0.2, 0.25) is 0 Å². The smallest absolute Gasteiger partial charge is 0.133 e. The fourth-order valence-corrected chi connectivity index (χ4v) is 1.39. The number of rotatable bonds is 8. The van der Waals surface area contributed by atoms with Crippen LogP contribution in [0.15, 0.2) is 11.5 Å². The van der Waals surface area contributed by atoms with Gasteiger partial charge in [0.1, 0.15) is 11.5 Å². The Hall–Kier alpha value is -0.660. The van der Waals surface area contributed by atoms with E-state index < -0.39 is 0 Å². The molecule has 0 saturated heterocycles. The highest BCUT2D eigenvalue weighted by atomic mass is 16.5. The van der Waals surface area contributed by atoms with Crippen LogP contribution >= 0.6 is 0 Å². The Morgan fingerprint density at radius 3 is 1.29 bits per heavy atom. The highest BCUT2D eigenvalue weighted by Gasteiger charge is 2.07. The zero-order chi connectivity index (χ0) is 10.8. The van der Waals surface area contributed by atoms with Crippen molar-refractivity contribution in [1.29, 1.82) is 0 Å². The summed E-state index contributed by atoms with van der Waals surface area (Å²) < 4.78 is 11.2. The first-order valence-electron chi connectivity index (χ1n) is 5.77. The van der Waals surface area contributed by atoms with Crippen molar-refractivity contribution in [3.8, 4) is 0 Å². The van der Waals surface area contributed by atoms with E-state index in [1.165, 1.54) is 0 Å². The molecule has 14 heavy (non-hydrogen) atoms. The van der Waals surface area contributed by atoms with Gasteiger partial charge in [-0.3, -0.25) is 0 Å². The third kappa shape index (κ3) is 5.15. The average Bonchev–Trinajstić information content (AvgIpc) is 2.17. The minimum Gasteiger partial charge on any atom is -0.495 e. The minimum absolute atomic E-state index is 0.732. The van der Waals surface area contributed by atoms with Crippen LogP contribution in [0.4, 0.5) is 0 Å².